The smallest absolute Gasteiger partial charge is 0.180 e. The summed E-state index contributed by atoms with van der Waals surface area (Å²) in [5.41, 5.74) is 6.98. The van der Waals surface area contributed by atoms with Gasteiger partial charge in [-0.15, -0.1) is 0 Å². The van der Waals surface area contributed by atoms with Gasteiger partial charge in [-0.05, 0) is 23.1 Å². The van der Waals surface area contributed by atoms with Crippen LogP contribution in [0.2, 0.25) is 0 Å². The molecule has 1 heterocycles. The van der Waals surface area contributed by atoms with Gasteiger partial charge in [-0.2, -0.15) is 5.10 Å². The Bertz CT molecular complexity index is 509. The Hall–Kier alpha value is -1.97. The van der Waals surface area contributed by atoms with E-state index in [0.29, 0.717) is 12.5 Å². The van der Waals surface area contributed by atoms with Gasteiger partial charge in [0, 0.05) is 12.3 Å². The lowest BCUT2D eigenvalue weighted by Crippen LogP contribution is -2.11. The molecule has 0 bridgehead atoms. The van der Waals surface area contributed by atoms with Crippen molar-refractivity contribution >= 4 is 5.82 Å². The highest BCUT2D eigenvalue weighted by molar-refractivity contribution is 5.31. The number of ether oxygens (including phenoxy) is 1. The standard InChI is InChI=1S/C14H19N3O/c1-14(2,3)11-4-6-12(7-5-11)18-10-17-9-8-13(15)16-17/h4-9H,10H2,1-3H3,(H2,15,16). The number of benzene rings is 1. The summed E-state index contributed by atoms with van der Waals surface area (Å²) in [6.45, 7) is 6.94. The van der Waals surface area contributed by atoms with E-state index in [1.807, 2.05) is 12.1 Å². The Kier molecular flexibility index (Phi) is 3.28. The highest BCUT2D eigenvalue weighted by Gasteiger charge is 2.12. The number of nitrogens with two attached hydrogens (primary N) is 1. The fourth-order valence-electron chi connectivity index (χ4n) is 1.64. The number of hydrogen-bond donors (Lipinski definition) is 1. The molecule has 0 aliphatic rings. The van der Waals surface area contributed by atoms with Crippen LogP contribution in [0.15, 0.2) is 36.5 Å². The third-order valence-corrected chi connectivity index (χ3v) is 2.75. The van der Waals surface area contributed by atoms with Crippen LogP contribution >= 0.6 is 0 Å². The van der Waals surface area contributed by atoms with Crippen molar-refractivity contribution in [1.82, 2.24) is 9.78 Å². The van der Waals surface area contributed by atoms with Gasteiger partial charge in [-0.3, -0.25) is 0 Å². The highest BCUT2D eigenvalue weighted by Crippen LogP contribution is 2.24. The third kappa shape index (κ3) is 3.03. The zero-order valence-electron chi connectivity index (χ0n) is 11.1. The van der Waals surface area contributed by atoms with E-state index in [-0.39, 0.29) is 5.41 Å². The van der Waals surface area contributed by atoms with Crippen LogP contribution in [0.5, 0.6) is 5.75 Å². The quantitative estimate of drug-likeness (QED) is 0.904. The van der Waals surface area contributed by atoms with Gasteiger partial charge in [0.1, 0.15) is 11.6 Å². The van der Waals surface area contributed by atoms with Crippen molar-refractivity contribution in [1.29, 1.82) is 0 Å². The monoisotopic (exact) mass is 245 g/mol. The second-order valence-corrected chi connectivity index (χ2v) is 5.33. The predicted molar refractivity (Wildman–Crippen MR) is 72.4 cm³/mol. The van der Waals surface area contributed by atoms with Crippen LogP contribution < -0.4 is 10.5 Å². The van der Waals surface area contributed by atoms with Crippen LogP contribution in [0, 0.1) is 0 Å². The van der Waals surface area contributed by atoms with E-state index in [1.165, 1.54) is 5.56 Å². The molecule has 0 spiro atoms. The molecule has 0 saturated carbocycles. The number of nitrogen functional groups attached to an aromatic ring is 1. The maximum Gasteiger partial charge on any atom is 0.180 e. The van der Waals surface area contributed by atoms with Crippen LogP contribution in [0.25, 0.3) is 0 Å². The largest absolute Gasteiger partial charge is 0.471 e. The molecule has 0 amide bonds. The molecule has 0 aliphatic carbocycles. The van der Waals surface area contributed by atoms with Crippen LogP contribution in [0.4, 0.5) is 5.82 Å². The Morgan fingerprint density at radius 3 is 2.33 bits per heavy atom. The molecule has 4 heteroatoms. The predicted octanol–water partition coefficient (Wildman–Crippen LogP) is 2.80. The SMILES string of the molecule is CC(C)(C)c1ccc(OCn2ccc(N)n2)cc1. The lowest BCUT2D eigenvalue weighted by atomic mass is 9.87. The maximum absolute atomic E-state index is 5.62. The molecule has 2 N–H and O–H groups in total. The summed E-state index contributed by atoms with van der Waals surface area (Å²) >= 11 is 0. The minimum absolute atomic E-state index is 0.162. The number of rotatable bonds is 3. The second kappa shape index (κ2) is 4.72. The van der Waals surface area contributed by atoms with E-state index in [9.17, 15) is 0 Å². The summed E-state index contributed by atoms with van der Waals surface area (Å²) in [5.74, 6) is 1.33. The molecular weight excluding hydrogens is 226 g/mol. The summed E-state index contributed by atoms with van der Waals surface area (Å²) < 4.78 is 7.28. The van der Waals surface area contributed by atoms with E-state index >= 15 is 0 Å². The molecule has 0 fully saturated rings. The van der Waals surface area contributed by atoms with Crippen molar-refractivity contribution in [3.05, 3.63) is 42.1 Å². The number of aromatic nitrogens is 2. The second-order valence-electron chi connectivity index (χ2n) is 5.33. The first-order chi connectivity index (χ1) is 8.45. The Morgan fingerprint density at radius 2 is 1.83 bits per heavy atom. The molecular formula is C14H19N3O. The normalized spacial score (nSPS) is 11.5. The summed E-state index contributed by atoms with van der Waals surface area (Å²) in [6, 6.07) is 9.88. The molecule has 0 radical (unpaired) electrons. The van der Waals surface area contributed by atoms with Gasteiger partial charge in [-0.1, -0.05) is 32.9 Å². The van der Waals surface area contributed by atoms with Gasteiger partial charge in [0.25, 0.3) is 0 Å². The van der Waals surface area contributed by atoms with Crippen LogP contribution in [-0.2, 0) is 12.1 Å². The topological polar surface area (TPSA) is 53.1 Å². The van der Waals surface area contributed by atoms with Crippen molar-refractivity contribution < 1.29 is 4.74 Å². The summed E-state index contributed by atoms with van der Waals surface area (Å²) in [4.78, 5) is 0. The lowest BCUT2D eigenvalue weighted by molar-refractivity contribution is 0.221. The lowest BCUT2D eigenvalue weighted by Gasteiger charge is -2.19. The van der Waals surface area contributed by atoms with Crippen molar-refractivity contribution in [3.63, 3.8) is 0 Å². The summed E-state index contributed by atoms with van der Waals surface area (Å²) in [7, 11) is 0. The molecule has 4 nitrogen and oxygen atoms in total. The molecule has 0 aliphatic heterocycles. The number of nitrogens with zero attached hydrogens (tertiary/aromatic N) is 2. The fraction of sp³-hybridized carbons (Fsp3) is 0.357. The zero-order chi connectivity index (χ0) is 13.2. The first kappa shape index (κ1) is 12.5. The Labute approximate surface area is 107 Å². The molecule has 0 unspecified atom stereocenters. The van der Waals surface area contributed by atoms with Crippen molar-refractivity contribution in [3.8, 4) is 5.75 Å². The van der Waals surface area contributed by atoms with Crippen molar-refractivity contribution in [2.45, 2.75) is 32.9 Å². The van der Waals surface area contributed by atoms with Crippen LogP contribution in [0.3, 0.4) is 0 Å². The molecule has 2 aromatic rings. The third-order valence-electron chi connectivity index (χ3n) is 2.75. The minimum atomic E-state index is 0.162. The van der Waals surface area contributed by atoms with Gasteiger partial charge in [0.2, 0.25) is 0 Å². The molecule has 1 aromatic carbocycles. The molecule has 0 atom stereocenters. The number of hydrogen-bond acceptors (Lipinski definition) is 3. The van der Waals surface area contributed by atoms with Gasteiger partial charge in [0.15, 0.2) is 6.73 Å². The minimum Gasteiger partial charge on any atom is -0.471 e. The van der Waals surface area contributed by atoms with Crippen molar-refractivity contribution in [2.24, 2.45) is 0 Å². The average molecular weight is 245 g/mol. The molecule has 2 rings (SSSR count). The first-order valence-corrected chi connectivity index (χ1v) is 5.97. The first-order valence-electron chi connectivity index (χ1n) is 5.97. The van der Waals surface area contributed by atoms with Crippen molar-refractivity contribution in [2.75, 3.05) is 5.73 Å². The number of anilines is 1. The molecule has 96 valence electrons. The van der Waals surface area contributed by atoms with E-state index in [2.05, 4.69) is 38.0 Å². The van der Waals surface area contributed by atoms with E-state index in [0.717, 1.165) is 5.75 Å². The van der Waals surface area contributed by atoms with Gasteiger partial charge in [-0.25, -0.2) is 4.68 Å². The van der Waals surface area contributed by atoms with E-state index in [1.54, 1.807) is 16.9 Å². The molecule has 18 heavy (non-hydrogen) atoms. The van der Waals surface area contributed by atoms with Gasteiger partial charge in [0.05, 0.1) is 0 Å². The average Bonchev–Trinajstić information content (AvgIpc) is 2.72. The van der Waals surface area contributed by atoms with E-state index < -0.39 is 0 Å². The Balaban J connectivity index is 1.98. The van der Waals surface area contributed by atoms with Gasteiger partial charge >= 0.3 is 0 Å². The van der Waals surface area contributed by atoms with Crippen LogP contribution in [-0.4, -0.2) is 9.78 Å². The summed E-state index contributed by atoms with van der Waals surface area (Å²) in [6.07, 6.45) is 1.79. The zero-order valence-corrected chi connectivity index (χ0v) is 11.1. The highest BCUT2D eigenvalue weighted by atomic mass is 16.5. The summed E-state index contributed by atoms with van der Waals surface area (Å²) in [5, 5.41) is 4.05. The van der Waals surface area contributed by atoms with Crippen LogP contribution in [0.1, 0.15) is 26.3 Å². The fourth-order valence-corrected chi connectivity index (χ4v) is 1.64. The van der Waals surface area contributed by atoms with E-state index in [4.69, 9.17) is 10.5 Å². The maximum atomic E-state index is 5.62. The Morgan fingerprint density at radius 1 is 1.17 bits per heavy atom. The van der Waals surface area contributed by atoms with Gasteiger partial charge < -0.3 is 10.5 Å². The molecule has 0 saturated heterocycles. The molecule has 1 aromatic heterocycles.